The summed E-state index contributed by atoms with van der Waals surface area (Å²) in [5, 5.41) is 9.13. The second kappa shape index (κ2) is 10.4. The van der Waals surface area contributed by atoms with Crippen molar-refractivity contribution in [1.29, 1.82) is 0 Å². The summed E-state index contributed by atoms with van der Waals surface area (Å²) in [5.41, 5.74) is 0.944. The van der Waals surface area contributed by atoms with Crippen molar-refractivity contribution >= 4 is 23.6 Å². The molecule has 170 valence electrons. The number of hydrogen-bond donors (Lipinski definition) is 0. The number of fused-ring (bicyclic) bond motifs is 1. The number of thioether (sulfide) groups is 1. The minimum Gasteiger partial charge on any atom is -0.483 e. The zero-order valence-electron chi connectivity index (χ0n) is 17.9. The van der Waals surface area contributed by atoms with E-state index < -0.39 is 5.82 Å². The Balaban J connectivity index is 1.28. The van der Waals surface area contributed by atoms with Crippen LogP contribution in [0.25, 0.3) is 0 Å². The molecule has 4 rings (SSSR count). The Labute approximate surface area is 195 Å². The van der Waals surface area contributed by atoms with Crippen molar-refractivity contribution in [3.05, 3.63) is 84.0 Å². The highest BCUT2D eigenvalue weighted by Crippen LogP contribution is 2.24. The number of amides is 2. The Morgan fingerprint density at radius 3 is 2.39 bits per heavy atom. The van der Waals surface area contributed by atoms with Crippen molar-refractivity contribution < 1.29 is 18.7 Å². The van der Waals surface area contributed by atoms with Crippen LogP contribution in [0.3, 0.4) is 0 Å². The van der Waals surface area contributed by atoms with Crippen LogP contribution in [-0.2, 0) is 13.2 Å². The minimum absolute atomic E-state index is 0.0854. The molecule has 1 aromatic heterocycles. The first kappa shape index (κ1) is 22.7. The number of allylic oxidation sites excluding steroid dienone is 1. The normalized spacial score (nSPS) is 12.8. The summed E-state index contributed by atoms with van der Waals surface area (Å²) in [5.74, 6) is 0.591. The predicted molar refractivity (Wildman–Crippen MR) is 123 cm³/mol. The summed E-state index contributed by atoms with van der Waals surface area (Å²) < 4.78 is 21.2. The molecule has 0 saturated heterocycles. The lowest BCUT2D eigenvalue weighted by Gasteiger charge is -2.13. The van der Waals surface area contributed by atoms with Crippen LogP contribution in [0.4, 0.5) is 4.39 Å². The Morgan fingerprint density at radius 2 is 1.70 bits per heavy atom. The molecule has 33 heavy (non-hydrogen) atoms. The van der Waals surface area contributed by atoms with Crippen LogP contribution >= 0.6 is 11.8 Å². The quantitative estimate of drug-likeness (QED) is 0.181. The maximum atomic E-state index is 13.8. The second-order valence-corrected chi connectivity index (χ2v) is 8.44. The molecule has 2 amide bonds. The van der Waals surface area contributed by atoms with E-state index in [0.717, 1.165) is 12.2 Å². The van der Waals surface area contributed by atoms with Crippen LogP contribution in [0.15, 0.2) is 66.3 Å². The van der Waals surface area contributed by atoms with Gasteiger partial charge in [0.1, 0.15) is 6.61 Å². The summed E-state index contributed by atoms with van der Waals surface area (Å²) in [4.78, 5) is 26.2. The number of unbranched alkanes of at least 4 members (excludes halogenated alkanes) is 1. The van der Waals surface area contributed by atoms with E-state index >= 15 is 0 Å². The van der Waals surface area contributed by atoms with E-state index in [1.165, 1.54) is 22.7 Å². The average Bonchev–Trinajstić information content (AvgIpc) is 3.32. The third kappa shape index (κ3) is 4.98. The first-order chi connectivity index (χ1) is 16.1. The Hall–Kier alpha value is -3.46. The molecule has 0 spiro atoms. The Morgan fingerprint density at radius 1 is 1.00 bits per heavy atom. The Bertz CT molecular complexity index is 1150. The summed E-state index contributed by atoms with van der Waals surface area (Å²) >= 11 is 1.53. The molecule has 0 radical (unpaired) electrons. The zero-order valence-corrected chi connectivity index (χ0v) is 18.8. The number of aromatic nitrogens is 3. The Kier molecular flexibility index (Phi) is 7.19. The van der Waals surface area contributed by atoms with Gasteiger partial charge < -0.3 is 4.74 Å². The third-order valence-corrected chi connectivity index (χ3v) is 6.24. The molecule has 9 heteroatoms. The number of carbonyl (C=O) groups is 2. The molecule has 0 bridgehead atoms. The molecular formula is C24H23FN4O3S. The summed E-state index contributed by atoms with van der Waals surface area (Å²) in [7, 11) is 0. The number of ether oxygens (including phenoxy) is 1. The van der Waals surface area contributed by atoms with E-state index in [0.29, 0.717) is 41.6 Å². The zero-order chi connectivity index (χ0) is 23.2. The van der Waals surface area contributed by atoms with Crippen LogP contribution in [0.5, 0.6) is 5.75 Å². The maximum absolute atomic E-state index is 13.8. The average molecular weight is 467 g/mol. The molecule has 1 aliphatic heterocycles. The van der Waals surface area contributed by atoms with Gasteiger partial charge in [-0.15, -0.1) is 16.8 Å². The molecule has 3 aromatic rings. The molecular weight excluding hydrogens is 443 g/mol. The van der Waals surface area contributed by atoms with E-state index in [9.17, 15) is 14.0 Å². The first-order valence-electron chi connectivity index (χ1n) is 10.6. The fraction of sp³-hybridized carbons (Fsp3) is 0.250. The maximum Gasteiger partial charge on any atom is 0.261 e. The lowest BCUT2D eigenvalue weighted by atomic mass is 10.1. The monoisotopic (exact) mass is 466 g/mol. The molecule has 0 N–H and O–H groups in total. The van der Waals surface area contributed by atoms with Crippen LogP contribution in [0.2, 0.25) is 0 Å². The van der Waals surface area contributed by atoms with Crippen molar-refractivity contribution in [3.63, 3.8) is 0 Å². The molecule has 0 fully saturated rings. The van der Waals surface area contributed by atoms with Crippen LogP contribution in [-0.4, -0.2) is 43.8 Å². The number of hydrogen-bond acceptors (Lipinski definition) is 6. The molecule has 2 aromatic carbocycles. The van der Waals surface area contributed by atoms with Gasteiger partial charge in [-0.25, -0.2) is 4.39 Å². The van der Waals surface area contributed by atoms with Gasteiger partial charge in [0.2, 0.25) is 0 Å². The van der Waals surface area contributed by atoms with Gasteiger partial charge in [-0.3, -0.25) is 19.1 Å². The lowest BCUT2D eigenvalue weighted by molar-refractivity contribution is 0.0652. The smallest absolute Gasteiger partial charge is 0.261 e. The lowest BCUT2D eigenvalue weighted by Crippen LogP contribution is -2.30. The van der Waals surface area contributed by atoms with Gasteiger partial charge in [-0.05, 0) is 37.1 Å². The largest absolute Gasteiger partial charge is 0.483 e. The number of carbonyl (C=O) groups excluding carboxylic acids is 2. The van der Waals surface area contributed by atoms with Gasteiger partial charge in [0.15, 0.2) is 22.5 Å². The van der Waals surface area contributed by atoms with Crippen LogP contribution in [0, 0.1) is 5.82 Å². The molecule has 1 aliphatic rings. The van der Waals surface area contributed by atoms with Crippen molar-refractivity contribution in [2.24, 2.45) is 0 Å². The van der Waals surface area contributed by atoms with Gasteiger partial charge in [0, 0.05) is 18.8 Å². The number of nitrogens with zero attached hydrogens (tertiary/aromatic N) is 4. The third-order valence-electron chi connectivity index (χ3n) is 5.18. The van der Waals surface area contributed by atoms with Crippen LogP contribution < -0.4 is 4.74 Å². The van der Waals surface area contributed by atoms with Gasteiger partial charge >= 0.3 is 0 Å². The number of halogens is 1. The standard InChI is InChI=1S/C24H23FN4O3S/c1-2-13-28-21(16-32-20-12-6-5-11-19(20)25)26-27-24(28)33-15-8-7-14-29-22(30)17-9-3-4-10-18(17)23(29)31/h2-6,9-12H,1,7-8,13-16H2. The highest BCUT2D eigenvalue weighted by Gasteiger charge is 2.34. The molecule has 2 heterocycles. The van der Waals surface area contributed by atoms with Crippen molar-refractivity contribution in [2.45, 2.75) is 31.1 Å². The molecule has 0 unspecified atom stereocenters. The first-order valence-corrected chi connectivity index (χ1v) is 11.6. The molecule has 0 saturated carbocycles. The van der Waals surface area contributed by atoms with E-state index in [-0.39, 0.29) is 24.2 Å². The number of para-hydroxylation sites is 1. The van der Waals surface area contributed by atoms with Gasteiger partial charge in [0.05, 0.1) is 11.1 Å². The highest BCUT2D eigenvalue weighted by molar-refractivity contribution is 7.99. The fourth-order valence-electron chi connectivity index (χ4n) is 3.53. The summed E-state index contributed by atoms with van der Waals surface area (Å²) in [6.45, 7) is 4.75. The summed E-state index contributed by atoms with van der Waals surface area (Å²) in [6, 6.07) is 13.1. The minimum atomic E-state index is -0.431. The van der Waals surface area contributed by atoms with Crippen molar-refractivity contribution in [2.75, 3.05) is 12.3 Å². The predicted octanol–water partition coefficient (Wildman–Crippen LogP) is 4.35. The highest BCUT2D eigenvalue weighted by atomic mass is 32.2. The molecule has 0 atom stereocenters. The van der Waals surface area contributed by atoms with E-state index in [1.54, 1.807) is 48.5 Å². The van der Waals surface area contributed by atoms with Gasteiger partial charge in [-0.1, -0.05) is 42.1 Å². The van der Waals surface area contributed by atoms with E-state index in [2.05, 4.69) is 16.8 Å². The molecule has 0 aliphatic carbocycles. The fourth-order valence-corrected chi connectivity index (χ4v) is 4.49. The second-order valence-electron chi connectivity index (χ2n) is 7.38. The number of imide groups is 1. The van der Waals surface area contributed by atoms with Gasteiger partial charge in [-0.2, -0.15) is 0 Å². The summed E-state index contributed by atoms with van der Waals surface area (Å²) in [6.07, 6.45) is 3.22. The van der Waals surface area contributed by atoms with Gasteiger partial charge in [0.25, 0.3) is 11.8 Å². The topological polar surface area (TPSA) is 77.3 Å². The van der Waals surface area contributed by atoms with E-state index in [1.807, 2.05) is 4.57 Å². The van der Waals surface area contributed by atoms with Crippen molar-refractivity contribution in [1.82, 2.24) is 19.7 Å². The van der Waals surface area contributed by atoms with Crippen LogP contribution in [0.1, 0.15) is 39.4 Å². The number of benzene rings is 2. The SMILES string of the molecule is C=CCn1c(COc2ccccc2F)nnc1SCCCCN1C(=O)c2ccccc2C1=O. The number of rotatable bonds is 11. The van der Waals surface area contributed by atoms with Crippen molar-refractivity contribution in [3.8, 4) is 5.75 Å². The molecule has 7 nitrogen and oxygen atoms in total. The van der Waals surface area contributed by atoms with E-state index in [4.69, 9.17) is 4.74 Å².